The molecule has 0 saturated carbocycles. The summed E-state index contributed by atoms with van der Waals surface area (Å²) in [7, 11) is -7.58. The number of imidazole rings is 1. The van der Waals surface area contributed by atoms with Crippen LogP contribution in [-0.4, -0.2) is 66.7 Å². The number of aromatic nitrogens is 4. The van der Waals surface area contributed by atoms with Crippen LogP contribution in [0.3, 0.4) is 0 Å². The van der Waals surface area contributed by atoms with E-state index in [1.807, 2.05) is 0 Å². The Labute approximate surface area is 268 Å². The summed E-state index contributed by atoms with van der Waals surface area (Å²) in [5, 5.41) is 9.74. The van der Waals surface area contributed by atoms with Gasteiger partial charge < -0.3 is 39.6 Å². The zero-order valence-electron chi connectivity index (χ0n) is 26.7. The number of anilines is 1. The van der Waals surface area contributed by atoms with Crippen molar-refractivity contribution in [1.82, 2.24) is 19.5 Å². The molecule has 0 radical (unpaired) electrons. The smallest absolute Gasteiger partial charge is 0.391 e. The summed E-state index contributed by atoms with van der Waals surface area (Å²) >= 11 is 0. The first-order valence-corrected chi connectivity index (χ1v) is 19.3. The van der Waals surface area contributed by atoms with Crippen molar-refractivity contribution in [2.45, 2.75) is 122 Å². The first-order chi connectivity index (χ1) is 21.7. The van der Waals surface area contributed by atoms with Crippen molar-refractivity contribution in [1.29, 1.82) is 0 Å². The number of unbranched alkanes of at least 4 members (excludes halogenated alkanes) is 12. The number of nitrogens with zero attached hydrogens (tertiary/aromatic N) is 4. The molecule has 0 aromatic carbocycles. The number of aliphatic hydroxyl groups excluding tert-OH is 1. The molecule has 2 atom stereocenters. The lowest BCUT2D eigenvalue weighted by Crippen LogP contribution is -2.26. The fourth-order valence-corrected chi connectivity index (χ4v) is 5.75. The van der Waals surface area contributed by atoms with Crippen LogP contribution in [0.25, 0.3) is 11.2 Å². The van der Waals surface area contributed by atoms with Crippen molar-refractivity contribution >= 4 is 38.2 Å². The summed E-state index contributed by atoms with van der Waals surface area (Å²) in [5.41, 5.74) is 5.81. The van der Waals surface area contributed by atoms with Gasteiger partial charge in [0, 0.05) is 19.6 Å². The number of nitrogen functional groups attached to an aromatic ring is 1. The number of hydrogen-bond acceptors (Lipinski definition) is 10. The molecule has 5 N–H and O–H groups in total. The van der Waals surface area contributed by atoms with Gasteiger partial charge >= 0.3 is 21.2 Å². The van der Waals surface area contributed by atoms with Crippen molar-refractivity contribution < 1.29 is 38.4 Å². The van der Waals surface area contributed by atoms with Gasteiger partial charge in [-0.25, -0.2) is 4.98 Å². The summed E-state index contributed by atoms with van der Waals surface area (Å²) in [4.78, 5) is 42.2. The molecule has 0 saturated heterocycles. The van der Waals surface area contributed by atoms with Crippen LogP contribution < -0.4 is 16.2 Å². The summed E-state index contributed by atoms with van der Waals surface area (Å²) in [6, 6.07) is 0. The van der Waals surface area contributed by atoms with E-state index in [0.29, 0.717) is 31.9 Å². The SMILES string of the molecule is CCCCCCCCC=CCCCCCCCCOCCCc1nc2c(N)nc([P+](=O)[O-])nc2n1C[C@@H](CO)OCP(=O)(O)O. The molecule has 15 heteroatoms. The van der Waals surface area contributed by atoms with E-state index in [9.17, 15) is 19.1 Å². The van der Waals surface area contributed by atoms with Crippen LogP contribution in [0.5, 0.6) is 0 Å². The van der Waals surface area contributed by atoms with Gasteiger partial charge in [-0.15, -0.1) is 0 Å². The molecule has 0 aliphatic heterocycles. The van der Waals surface area contributed by atoms with Gasteiger partial charge in [-0.2, -0.15) is 9.97 Å². The van der Waals surface area contributed by atoms with Gasteiger partial charge in [-0.05, 0) is 38.5 Å². The van der Waals surface area contributed by atoms with Crippen molar-refractivity contribution in [3.8, 4) is 0 Å². The van der Waals surface area contributed by atoms with E-state index < -0.39 is 40.2 Å². The van der Waals surface area contributed by atoms with E-state index in [2.05, 4.69) is 34.0 Å². The molecule has 0 spiro atoms. The lowest BCUT2D eigenvalue weighted by atomic mass is 10.1. The lowest BCUT2D eigenvalue weighted by molar-refractivity contribution is -0.161. The fraction of sp³-hybridized carbons (Fsp3) is 0.767. The zero-order chi connectivity index (χ0) is 32.9. The maximum atomic E-state index is 11.5. The van der Waals surface area contributed by atoms with Crippen LogP contribution in [0.1, 0.15) is 109 Å². The highest BCUT2D eigenvalue weighted by molar-refractivity contribution is 7.51. The Morgan fingerprint density at radius 3 is 2.13 bits per heavy atom. The topological polar surface area (TPSA) is 206 Å². The Balaban J connectivity index is 1.70. The van der Waals surface area contributed by atoms with Crippen LogP contribution in [0.4, 0.5) is 5.82 Å². The summed E-state index contributed by atoms with van der Waals surface area (Å²) < 4.78 is 35.3. The molecule has 13 nitrogen and oxygen atoms in total. The molecule has 256 valence electrons. The monoisotopic (exact) mass is 673 g/mol. The Bertz CT molecular complexity index is 1210. The van der Waals surface area contributed by atoms with E-state index in [1.165, 1.54) is 77.0 Å². The van der Waals surface area contributed by atoms with E-state index >= 15 is 0 Å². The number of fused-ring (bicyclic) bond motifs is 1. The minimum Gasteiger partial charge on any atom is -0.588 e. The second-order valence-electron chi connectivity index (χ2n) is 11.4. The maximum Gasteiger partial charge on any atom is 0.391 e. The van der Waals surface area contributed by atoms with Gasteiger partial charge in [0.2, 0.25) is 0 Å². The number of rotatable bonds is 27. The number of nitrogens with two attached hydrogens (primary N) is 1. The van der Waals surface area contributed by atoms with Gasteiger partial charge in [-0.1, -0.05) is 81.4 Å². The van der Waals surface area contributed by atoms with E-state index in [-0.39, 0.29) is 23.5 Å². The van der Waals surface area contributed by atoms with Crippen molar-refractivity contribution in [2.24, 2.45) is 0 Å². The molecule has 0 fully saturated rings. The number of allylic oxidation sites excluding steroid dienone is 2. The second kappa shape index (κ2) is 22.7. The quantitative estimate of drug-likeness (QED) is 0.0582. The molecule has 2 aromatic heterocycles. The maximum absolute atomic E-state index is 11.5. The largest absolute Gasteiger partial charge is 0.588 e. The third-order valence-corrected chi connectivity index (χ3v) is 8.42. The molecule has 45 heavy (non-hydrogen) atoms. The van der Waals surface area contributed by atoms with E-state index in [0.717, 1.165) is 12.8 Å². The van der Waals surface area contributed by atoms with Crippen LogP contribution in [0.2, 0.25) is 0 Å². The Hall–Kier alpha value is -1.82. The molecule has 1 unspecified atom stereocenters. The molecule has 2 rings (SSSR count). The molecule has 0 aliphatic rings. The van der Waals surface area contributed by atoms with Gasteiger partial charge in [0.05, 0.1) is 19.3 Å². The summed E-state index contributed by atoms with van der Waals surface area (Å²) in [6.07, 6.45) is 21.4. The summed E-state index contributed by atoms with van der Waals surface area (Å²) in [6.45, 7) is 2.79. The third-order valence-electron chi connectivity index (χ3n) is 7.41. The molecule has 0 bridgehead atoms. The Kier molecular flexibility index (Phi) is 19.8. The van der Waals surface area contributed by atoms with Gasteiger partial charge in [0.1, 0.15) is 12.2 Å². The predicted molar refractivity (Wildman–Crippen MR) is 174 cm³/mol. The number of ether oxygens (including phenoxy) is 2. The van der Waals surface area contributed by atoms with Crippen LogP contribution >= 0.6 is 15.6 Å². The number of aliphatic hydroxyl groups is 1. The Morgan fingerprint density at radius 2 is 1.53 bits per heavy atom. The first kappa shape index (κ1) is 39.4. The molecule has 2 heterocycles. The summed E-state index contributed by atoms with van der Waals surface area (Å²) in [5.74, 6) is 0.380. The third kappa shape index (κ3) is 16.5. The molecular weight excluding hydrogens is 620 g/mol. The van der Waals surface area contributed by atoms with Crippen molar-refractivity contribution in [2.75, 3.05) is 31.9 Å². The molecule has 0 amide bonds. The lowest BCUT2D eigenvalue weighted by Gasteiger charge is -2.18. The van der Waals surface area contributed by atoms with Crippen LogP contribution in [0, 0.1) is 0 Å². The predicted octanol–water partition coefficient (Wildman–Crippen LogP) is 4.64. The molecule has 2 aromatic rings. The highest BCUT2D eigenvalue weighted by Crippen LogP contribution is 2.34. The highest BCUT2D eigenvalue weighted by atomic mass is 31.2. The average molecular weight is 674 g/mol. The van der Waals surface area contributed by atoms with Gasteiger partial charge in [-0.3, -0.25) is 4.57 Å². The minimum atomic E-state index is -4.47. The number of aryl methyl sites for hydroxylation is 1. The standard InChI is InChI=1S/C30H53N5O8P2/c1-2-3-4-5-6-7-8-9-10-11-12-13-14-15-16-17-20-42-21-18-19-26-32-27-28(31)33-30(44(37)38)34-29(27)35(26)22-25(23-36)43-24-45(39,40)41/h9-10,25,36H,2-8,11-24H2,1H3,(H2,31,33,34)(H2,39,40,41)/t25-/m0/s1. The molecule has 0 aliphatic carbocycles. The molecular formula is C30H53N5O8P2. The minimum absolute atomic E-state index is 0.0792. The average Bonchev–Trinajstić information content (AvgIpc) is 3.35. The van der Waals surface area contributed by atoms with Crippen LogP contribution in [-0.2, 0) is 31.6 Å². The van der Waals surface area contributed by atoms with Gasteiger partial charge in [0.25, 0.3) is 0 Å². The second-order valence-corrected chi connectivity index (χ2v) is 13.9. The number of hydrogen-bond donors (Lipinski definition) is 4. The van der Waals surface area contributed by atoms with Crippen LogP contribution in [0.15, 0.2) is 12.2 Å². The van der Waals surface area contributed by atoms with E-state index in [1.54, 1.807) is 4.57 Å². The highest BCUT2D eigenvalue weighted by Gasteiger charge is 2.24. The van der Waals surface area contributed by atoms with Crippen molar-refractivity contribution in [3.63, 3.8) is 0 Å². The zero-order valence-corrected chi connectivity index (χ0v) is 28.5. The van der Waals surface area contributed by atoms with E-state index in [4.69, 9.17) is 25.0 Å². The first-order valence-electron chi connectivity index (χ1n) is 16.3. The van der Waals surface area contributed by atoms with Crippen molar-refractivity contribution in [3.05, 3.63) is 18.0 Å². The van der Waals surface area contributed by atoms with Gasteiger partial charge in [0.15, 0.2) is 17.0 Å². The fourth-order valence-electron chi connectivity index (χ4n) is 4.97. The Morgan fingerprint density at radius 1 is 0.933 bits per heavy atom. The normalized spacial score (nSPS) is 13.3.